The Morgan fingerprint density at radius 1 is 1.10 bits per heavy atom. The van der Waals surface area contributed by atoms with Crippen LogP contribution in [0.15, 0.2) is 42.5 Å². The summed E-state index contributed by atoms with van der Waals surface area (Å²) in [6.07, 6.45) is 0. The SMILES string of the molecule is CN(C(=O)c1c(F)cccc1F)c1ccccc1C(N)=S. The van der Waals surface area contributed by atoms with Crippen molar-refractivity contribution in [2.45, 2.75) is 0 Å². The highest BCUT2D eigenvalue weighted by Gasteiger charge is 2.23. The molecule has 0 atom stereocenters. The minimum Gasteiger partial charge on any atom is -0.389 e. The van der Waals surface area contributed by atoms with Crippen LogP contribution in [0, 0.1) is 11.6 Å². The molecule has 0 saturated carbocycles. The summed E-state index contributed by atoms with van der Waals surface area (Å²) in [7, 11) is 1.41. The lowest BCUT2D eigenvalue weighted by molar-refractivity contribution is 0.0985. The summed E-state index contributed by atoms with van der Waals surface area (Å²) in [4.78, 5) is 13.5. The molecule has 0 saturated heterocycles. The molecule has 21 heavy (non-hydrogen) atoms. The van der Waals surface area contributed by atoms with Crippen LogP contribution in [-0.2, 0) is 0 Å². The average Bonchev–Trinajstić information content (AvgIpc) is 2.46. The second-order valence-electron chi connectivity index (χ2n) is 4.34. The zero-order valence-corrected chi connectivity index (χ0v) is 12.0. The molecule has 0 aromatic heterocycles. The van der Waals surface area contributed by atoms with Crippen LogP contribution >= 0.6 is 12.2 Å². The van der Waals surface area contributed by atoms with Crippen LogP contribution in [0.25, 0.3) is 0 Å². The van der Waals surface area contributed by atoms with Gasteiger partial charge in [0.2, 0.25) is 0 Å². The van der Waals surface area contributed by atoms with Crippen molar-refractivity contribution in [3.05, 3.63) is 65.2 Å². The van der Waals surface area contributed by atoms with E-state index in [4.69, 9.17) is 18.0 Å². The molecule has 1 amide bonds. The van der Waals surface area contributed by atoms with E-state index >= 15 is 0 Å². The highest BCUT2D eigenvalue weighted by molar-refractivity contribution is 7.80. The molecule has 0 radical (unpaired) electrons. The Balaban J connectivity index is 2.48. The van der Waals surface area contributed by atoms with Crippen molar-refractivity contribution in [3.8, 4) is 0 Å². The van der Waals surface area contributed by atoms with Gasteiger partial charge in [0.1, 0.15) is 22.2 Å². The Morgan fingerprint density at radius 3 is 2.24 bits per heavy atom. The Kier molecular flexibility index (Phi) is 4.28. The first kappa shape index (κ1) is 15.1. The van der Waals surface area contributed by atoms with Gasteiger partial charge in [0.05, 0.1) is 5.69 Å². The number of nitrogens with zero attached hydrogens (tertiary/aromatic N) is 1. The number of rotatable bonds is 3. The van der Waals surface area contributed by atoms with Gasteiger partial charge in [-0.3, -0.25) is 4.79 Å². The number of amides is 1. The van der Waals surface area contributed by atoms with Gasteiger partial charge in [-0.25, -0.2) is 8.78 Å². The number of halogens is 2. The number of benzene rings is 2. The largest absolute Gasteiger partial charge is 0.389 e. The van der Waals surface area contributed by atoms with Gasteiger partial charge < -0.3 is 10.6 Å². The van der Waals surface area contributed by atoms with Gasteiger partial charge in [0.15, 0.2) is 0 Å². The summed E-state index contributed by atoms with van der Waals surface area (Å²) in [5.74, 6) is -2.64. The van der Waals surface area contributed by atoms with E-state index in [0.717, 1.165) is 17.0 Å². The molecule has 2 N–H and O–H groups in total. The van der Waals surface area contributed by atoms with Crippen molar-refractivity contribution in [2.75, 3.05) is 11.9 Å². The fourth-order valence-corrected chi connectivity index (χ4v) is 2.13. The molecule has 108 valence electrons. The number of nitrogens with two attached hydrogens (primary N) is 1. The number of thiocarbonyl (C=S) groups is 1. The summed E-state index contributed by atoms with van der Waals surface area (Å²) in [5, 5.41) is 0. The van der Waals surface area contributed by atoms with Crippen LogP contribution < -0.4 is 10.6 Å². The molecule has 2 aromatic carbocycles. The lowest BCUT2D eigenvalue weighted by Gasteiger charge is -2.20. The van der Waals surface area contributed by atoms with Crippen molar-refractivity contribution in [1.29, 1.82) is 0 Å². The lowest BCUT2D eigenvalue weighted by Crippen LogP contribution is -2.30. The third-order valence-corrected chi connectivity index (χ3v) is 3.23. The van der Waals surface area contributed by atoms with Gasteiger partial charge in [-0.1, -0.05) is 30.4 Å². The standard InChI is InChI=1S/C15H12F2N2OS/c1-19(12-8-3-2-5-9(12)14(18)21)15(20)13-10(16)6-4-7-11(13)17/h2-8H,1H3,(H2,18,21). The Hall–Kier alpha value is -2.34. The van der Waals surface area contributed by atoms with E-state index in [1.807, 2.05) is 0 Å². The highest BCUT2D eigenvalue weighted by atomic mass is 32.1. The molecule has 3 nitrogen and oxygen atoms in total. The van der Waals surface area contributed by atoms with Crippen molar-refractivity contribution in [2.24, 2.45) is 5.73 Å². The molecule has 0 unspecified atom stereocenters. The van der Waals surface area contributed by atoms with E-state index in [9.17, 15) is 13.6 Å². The number of hydrogen-bond donors (Lipinski definition) is 1. The maximum absolute atomic E-state index is 13.7. The molecule has 2 rings (SSSR count). The van der Waals surface area contributed by atoms with Gasteiger partial charge in [0.25, 0.3) is 5.91 Å². The zero-order chi connectivity index (χ0) is 15.6. The van der Waals surface area contributed by atoms with Gasteiger partial charge >= 0.3 is 0 Å². The van der Waals surface area contributed by atoms with E-state index in [1.54, 1.807) is 24.3 Å². The molecular weight excluding hydrogens is 294 g/mol. The first-order chi connectivity index (χ1) is 9.93. The zero-order valence-electron chi connectivity index (χ0n) is 11.1. The minimum absolute atomic E-state index is 0.0965. The highest BCUT2D eigenvalue weighted by Crippen LogP contribution is 2.23. The number of anilines is 1. The normalized spacial score (nSPS) is 10.2. The second-order valence-corrected chi connectivity index (χ2v) is 4.78. The molecular formula is C15H12F2N2OS. The van der Waals surface area contributed by atoms with Crippen molar-refractivity contribution >= 4 is 28.8 Å². The summed E-state index contributed by atoms with van der Waals surface area (Å²) >= 11 is 4.92. The fraction of sp³-hybridized carbons (Fsp3) is 0.0667. The molecule has 0 spiro atoms. The first-order valence-electron chi connectivity index (χ1n) is 6.04. The lowest BCUT2D eigenvalue weighted by atomic mass is 10.1. The predicted molar refractivity (Wildman–Crippen MR) is 81.4 cm³/mol. The first-order valence-corrected chi connectivity index (χ1v) is 6.45. The summed E-state index contributed by atoms with van der Waals surface area (Å²) in [6.45, 7) is 0. The predicted octanol–water partition coefficient (Wildman–Crippen LogP) is 2.88. The van der Waals surface area contributed by atoms with E-state index in [2.05, 4.69) is 0 Å². The Labute approximate surface area is 126 Å². The molecule has 6 heteroatoms. The minimum atomic E-state index is -0.917. The van der Waals surface area contributed by atoms with Gasteiger partial charge in [-0.2, -0.15) is 0 Å². The van der Waals surface area contributed by atoms with Crippen LogP contribution in [0.3, 0.4) is 0 Å². The van der Waals surface area contributed by atoms with E-state index in [0.29, 0.717) is 11.3 Å². The van der Waals surface area contributed by atoms with E-state index in [-0.39, 0.29) is 4.99 Å². The van der Waals surface area contributed by atoms with Gasteiger partial charge in [-0.05, 0) is 24.3 Å². The van der Waals surface area contributed by atoms with Crippen molar-refractivity contribution < 1.29 is 13.6 Å². The second kappa shape index (κ2) is 5.97. The maximum atomic E-state index is 13.7. The molecule has 0 aliphatic carbocycles. The summed E-state index contributed by atoms with van der Waals surface area (Å²) in [5.41, 5.74) is 5.83. The van der Waals surface area contributed by atoms with Crippen molar-refractivity contribution in [1.82, 2.24) is 0 Å². The number of hydrogen-bond acceptors (Lipinski definition) is 2. The van der Waals surface area contributed by atoms with Crippen LogP contribution in [0.1, 0.15) is 15.9 Å². The van der Waals surface area contributed by atoms with Gasteiger partial charge in [0, 0.05) is 12.6 Å². The Bertz CT molecular complexity index is 698. The molecule has 0 aliphatic heterocycles. The van der Waals surface area contributed by atoms with Crippen LogP contribution in [0.2, 0.25) is 0 Å². The monoisotopic (exact) mass is 306 g/mol. The van der Waals surface area contributed by atoms with Crippen LogP contribution in [0.5, 0.6) is 0 Å². The van der Waals surface area contributed by atoms with E-state index in [1.165, 1.54) is 13.1 Å². The topological polar surface area (TPSA) is 46.3 Å². The van der Waals surface area contributed by atoms with Crippen molar-refractivity contribution in [3.63, 3.8) is 0 Å². The third-order valence-electron chi connectivity index (χ3n) is 3.01. The molecule has 0 aliphatic rings. The fourth-order valence-electron chi connectivity index (χ4n) is 1.95. The summed E-state index contributed by atoms with van der Waals surface area (Å²) < 4.78 is 27.4. The summed E-state index contributed by atoms with van der Waals surface area (Å²) in [6, 6.07) is 9.89. The quantitative estimate of drug-likeness (QED) is 0.887. The van der Waals surface area contributed by atoms with Crippen LogP contribution in [0.4, 0.5) is 14.5 Å². The maximum Gasteiger partial charge on any atom is 0.264 e. The molecule has 0 fully saturated rings. The number of carbonyl (C=O) groups excluding carboxylic acids is 1. The third kappa shape index (κ3) is 2.90. The molecule has 2 aromatic rings. The average molecular weight is 306 g/mol. The Morgan fingerprint density at radius 2 is 1.67 bits per heavy atom. The molecule has 0 heterocycles. The molecule has 0 bridgehead atoms. The number of para-hydroxylation sites is 1. The van der Waals surface area contributed by atoms with E-state index < -0.39 is 23.1 Å². The smallest absolute Gasteiger partial charge is 0.264 e. The van der Waals surface area contributed by atoms with Crippen LogP contribution in [-0.4, -0.2) is 17.9 Å². The number of carbonyl (C=O) groups is 1. The van der Waals surface area contributed by atoms with Gasteiger partial charge in [-0.15, -0.1) is 0 Å².